The van der Waals surface area contributed by atoms with Crippen LogP contribution in [0, 0.1) is 0 Å². The maximum atomic E-state index is 12.3. The van der Waals surface area contributed by atoms with Gasteiger partial charge in [0.2, 0.25) is 0 Å². The van der Waals surface area contributed by atoms with E-state index in [0.29, 0.717) is 0 Å². The standard InChI is InChI=1S/C14H22N4O3/c1-10(9-18-6-4-3-5-7-18)16-13(19)12-11(14(20)21)8-15-17(12)2/h8,10H,3-7,9H2,1-2H3,(H,16,19)(H,20,21). The summed E-state index contributed by atoms with van der Waals surface area (Å²) in [5, 5.41) is 15.8. The molecule has 7 heteroatoms. The average Bonchev–Trinajstić information content (AvgIpc) is 2.81. The first-order chi connectivity index (χ1) is 9.99. The van der Waals surface area contributed by atoms with Crippen LogP contribution in [0.1, 0.15) is 47.0 Å². The van der Waals surface area contributed by atoms with Crippen molar-refractivity contribution in [3.63, 3.8) is 0 Å². The SMILES string of the molecule is CC(CN1CCCCC1)NC(=O)c1c(C(=O)O)cnn1C. The van der Waals surface area contributed by atoms with Crippen molar-refractivity contribution >= 4 is 11.9 Å². The number of hydrogen-bond donors (Lipinski definition) is 2. The van der Waals surface area contributed by atoms with Crippen molar-refractivity contribution in [2.75, 3.05) is 19.6 Å². The Morgan fingerprint density at radius 3 is 2.67 bits per heavy atom. The molecular formula is C14H22N4O3. The second-order valence-electron chi connectivity index (χ2n) is 5.57. The van der Waals surface area contributed by atoms with Crippen LogP contribution in [-0.2, 0) is 7.05 Å². The minimum absolute atomic E-state index is 0.0351. The first-order valence-electron chi connectivity index (χ1n) is 7.27. The van der Waals surface area contributed by atoms with Gasteiger partial charge in [-0.15, -0.1) is 0 Å². The molecule has 0 bridgehead atoms. The largest absolute Gasteiger partial charge is 0.478 e. The van der Waals surface area contributed by atoms with E-state index in [0.717, 1.165) is 19.6 Å². The Bertz CT molecular complexity index is 520. The normalized spacial score (nSPS) is 17.4. The van der Waals surface area contributed by atoms with Crippen LogP contribution >= 0.6 is 0 Å². The number of piperidine rings is 1. The minimum Gasteiger partial charge on any atom is -0.478 e. The maximum Gasteiger partial charge on any atom is 0.339 e. The third-order valence-electron chi connectivity index (χ3n) is 3.74. The second kappa shape index (κ2) is 6.71. The highest BCUT2D eigenvalue weighted by Gasteiger charge is 2.23. The first kappa shape index (κ1) is 15.5. The van der Waals surface area contributed by atoms with E-state index >= 15 is 0 Å². The quantitative estimate of drug-likeness (QED) is 0.835. The molecule has 7 nitrogen and oxygen atoms in total. The molecule has 116 valence electrons. The summed E-state index contributed by atoms with van der Waals surface area (Å²) in [6.07, 6.45) is 4.87. The van der Waals surface area contributed by atoms with Gasteiger partial charge in [0.25, 0.3) is 5.91 Å². The number of hydrogen-bond acceptors (Lipinski definition) is 4. The monoisotopic (exact) mass is 294 g/mol. The summed E-state index contributed by atoms with van der Waals surface area (Å²) in [6, 6.07) is -0.0351. The average molecular weight is 294 g/mol. The molecule has 0 saturated carbocycles. The lowest BCUT2D eigenvalue weighted by Gasteiger charge is -2.29. The Kier molecular flexibility index (Phi) is 4.95. The highest BCUT2D eigenvalue weighted by atomic mass is 16.4. The smallest absolute Gasteiger partial charge is 0.339 e. The van der Waals surface area contributed by atoms with Crippen LogP contribution < -0.4 is 5.32 Å². The minimum atomic E-state index is -1.14. The zero-order valence-electron chi connectivity index (χ0n) is 12.5. The lowest BCUT2D eigenvalue weighted by Crippen LogP contribution is -2.44. The second-order valence-corrected chi connectivity index (χ2v) is 5.57. The van der Waals surface area contributed by atoms with Crippen LogP contribution in [0.15, 0.2) is 6.20 Å². The van der Waals surface area contributed by atoms with Gasteiger partial charge in [0, 0.05) is 19.6 Å². The molecule has 0 radical (unpaired) electrons. The summed E-state index contributed by atoms with van der Waals surface area (Å²) >= 11 is 0. The molecule has 1 amide bonds. The summed E-state index contributed by atoms with van der Waals surface area (Å²) in [5.74, 6) is -1.53. The number of nitrogens with zero attached hydrogens (tertiary/aromatic N) is 3. The number of carboxylic acid groups (broad SMARTS) is 1. The van der Waals surface area contributed by atoms with Crippen molar-refractivity contribution in [2.24, 2.45) is 7.05 Å². The molecule has 1 fully saturated rings. The fourth-order valence-corrected chi connectivity index (χ4v) is 2.73. The van der Waals surface area contributed by atoms with Gasteiger partial charge in [-0.3, -0.25) is 9.48 Å². The summed E-state index contributed by atoms with van der Waals surface area (Å²) in [7, 11) is 1.57. The van der Waals surface area contributed by atoms with E-state index in [9.17, 15) is 9.59 Å². The van der Waals surface area contributed by atoms with E-state index in [-0.39, 0.29) is 17.3 Å². The molecule has 1 aliphatic rings. The summed E-state index contributed by atoms with van der Waals surface area (Å²) in [6.45, 7) is 4.84. The van der Waals surface area contributed by atoms with E-state index < -0.39 is 11.9 Å². The van der Waals surface area contributed by atoms with E-state index in [1.165, 1.54) is 30.1 Å². The van der Waals surface area contributed by atoms with Gasteiger partial charge in [0.15, 0.2) is 0 Å². The summed E-state index contributed by atoms with van der Waals surface area (Å²) in [4.78, 5) is 25.7. The predicted molar refractivity (Wildman–Crippen MR) is 77.4 cm³/mol. The number of aromatic carboxylic acids is 1. The molecule has 0 aromatic carbocycles. The number of carbonyl (C=O) groups is 2. The summed E-state index contributed by atoms with van der Waals surface area (Å²) in [5.41, 5.74) is 0.0215. The van der Waals surface area contributed by atoms with Crippen molar-refractivity contribution in [1.82, 2.24) is 20.0 Å². The van der Waals surface area contributed by atoms with Gasteiger partial charge < -0.3 is 15.3 Å². The zero-order chi connectivity index (χ0) is 15.4. The fraction of sp³-hybridized carbons (Fsp3) is 0.643. The van der Waals surface area contributed by atoms with Crippen molar-refractivity contribution in [2.45, 2.75) is 32.2 Å². The number of likely N-dealkylation sites (tertiary alicyclic amines) is 1. The molecular weight excluding hydrogens is 272 g/mol. The molecule has 1 aliphatic heterocycles. The maximum absolute atomic E-state index is 12.3. The van der Waals surface area contributed by atoms with Gasteiger partial charge >= 0.3 is 5.97 Å². The van der Waals surface area contributed by atoms with Gasteiger partial charge in [0.05, 0.1) is 6.20 Å². The number of carboxylic acids is 1. The Balaban J connectivity index is 1.97. The van der Waals surface area contributed by atoms with Crippen molar-refractivity contribution in [1.29, 1.82) is 0 Å². The summed E-state index contributed by atoms with van der Waals surface area (Å²) < 4.78 is 1.30. The van der Waals surface area contributed by atoms with E-state index in [1.807, 2.05) is 6.92 Å². The van der Waals surface area contributed by atoms with Crippen LogP contribution in [0.25, 0.3) is 0 Å². The molecule has 2 heterocycles. The molecule has 0 aliphatic carbocycles. The first-order valence-corrected chi connectivity index (χ1v) is 7.27. The number of aryl methyl sites for hydroxylation is 1. The number of amides is 1. The molecule has 21 heavy (non-hydrogen) atoms. The molecule has 0 spiro atoms. The number of rotatable bonds is 5. The van der Waals surface area contributed by atoms with Gasteiger partial charge in [-0.2, -0.15) is 5.10 Å². The molecule has 1 aromatic rings. The van der Waals surface area contributed by atoms with Crippen molar-refractivity contribution in [3.8, 4) is 0 Å². The zero-order valence-corrected chi connectivity index (χ0v) is 12.5. The van der Waals surface area contributed by atoms with E-state index in [2.05, 4.69) is 15.3 Å². The number of carbonyl (C=O) groups excluding carboxylic acids is 1. The number of nitrogens with one attached hydrogen (secondary N) is 1. The highest BCUT2D eigenvalue weighted by Crippen LogP contribution is 2.10. The lowest BCUT2D eigenvalue weighted by molar-refractivity contribution is 0.0689. The van der Waals surface area contributed by atoms with E-state index in [4.69, 9.17) is 5.11 Å². The Morgan fingerprint density at radius 2 is 2.05 bits per heavy atom. The van der Waals surface area contributed by atoms with Crippen LogP contribution in [-0.4, -0.2) is 57.3 Å². The van der Waals surface area contributed by atoms with Gasteiger partial charge in [0.1, 0.15) is 11.3 Å². The third kappa shape index (κ3) is 3.81. The molecule has 2 N–H and O–H groups in total. The molecule has 1 aromatic heterocycles. The predicted octanol–water partition coefficient (Wildman–Crippen LogP) is 0.723. The third-order valence-corrected chi connectivity index (χ3v) is 3.74. The highest BCUT2D eigenvalue weighted by molar-refractivity contribution is 6.03. The van der Waals surface area contributed by atoms with Crippen LogP contribution in [0.4, 0.5) is 0 Å². The van der Waals surface area contributed by atoms with Gasteiger partial charge in [-0.05, 0) is 32.9 Å². The van der Waals surface area contributed by atoms with Gasteiger partial charge in [-0.25, -0.2) is 4.79 Å². The fourth-order valence-electron chi connectivity index (χ4n) is 2.73. The molecule has 1 atom stereocenters. The van der Waals surface area contributed by atoms with Crippen molar-refractivity contribution < 1.29 is 14.7 Å². The van der Waals surface area contributed by atoms with Crippen LogP contribution in [0.3, 0.4) is 0 Å². The Hall–Kier alpha value is -1.89. The van der Waals surface area contributed by atoms with E-state index in [1.54, 1.807) is 7.05 Å². The molecule has 2 rings (SSSR count). The lowest BCUT2D eigenvalue weighted by atomic mass is 10.1. The van der Waals surface area contributed by atoms with Crippen LogP contribution in [0.5, 0.6) is 0 Å². The molecule has 1 saturated heterocycles. The topological polar surface area (TPSA) is 87.5 Å². The Morgan fingerprint density at radius 1 is 1.38 bits per heavy atom. The Labute approximate surface area is 123 Å². The van der Waals surface area contributed by atoms with Crippen molar-refractivity contribution in [3.05, 3.63) is 17.5 Å². The number of aromatic nitrogens is 2. The van der Waals surface area contributed by atoms with Crippen LogP contribution in [0.2, 0.25) is 0 Å². The van der Waals surface area contributed by atoms with Gasteiger partial charge in [-0.1, -0.05) is 6.42 Å². The molecule has 1 unspecified atom stereocenters.